The minimum absolute atomic E-state index is 0. The van der Waals surface area contributed by atoms with Crippen LogP contribution >= 0.6 is 12.4 Å². The number of halogens is 1. The summed E-state index contributed by atoms with van der Waals surface area (Å²) in [6, 6.07) is 7.68. The van der Waals surface area contributed by atoms with E-state index in [-0.39, 0.29) is 36.9 Å². The van der Waals surface area contributed by atoms with Gasteiger partial charge in [0.1, 0.15) is 5.75 Å². The highest BCUT2D eigenvalue weighted by atomic mass is 35.5. The van der Waals surface area contributed by atoms with Crippen LogP contribution in [0.1, 0.15) is 49.4 Å². The van der Waals surface area contributed by atoms with E-state index in [1.807, 2.05) is 24.1 Å². The fraction of sp³-hybridized carbons (Fsp3) is 0.579. The standard InChI is InChI=1S/C19H28N2O3.ClH/c1-3-14-24-17-6-4-15(5-7-17)18(22)8-9-19(23)21-12-10-16(20-2)11-13-21;/h4-7,16,20H,3,8-14H2,1-2H3;1H. The average Bonchev–Trinajstić information content (AvgIpc) is 2.64. The number of rotatable bonds is 8. The first-order valence-electron chi connectivity index (χ1n) is 8.85. The molecule has 1 heterocycles. The molecule has 0 aliphatic carbocycles. The Morgan fingerprint density at radius 1 is 1.16 bits per heavy atom. The van der Waals surface area contributed by atoms with Crippen molar-refractivity contribution in [2.75, 3.05) is 26.7 Å². The molecule has 0 aromatic heterocycles. The van der Waals surface area contributed by atoms with Crippen molar-refractivity contribution in [1.82, 2.24) is 10.2 Å². The van der Waals surface area contributed by atoms with Gasteiger partial charge in [0.15, 0.2) is 5.78 Å². The summed E-state index contributed by atoms with van der Waals surface area (Å²) in [6.07, 6.45) is 3.47. The molecule has 0 radical (unpaired) electrons. The van der Waals surface area contributed by atoms with Crippen molar-refractivity contribution in [3.63, 3.8) is 0 Å². The number of carbonyl (C=O) groups is 2. The summed E-state index contributed by atoms with van der Waals surface area (Å²) in [7, 11) is 1.96. The number of nitrogens with zero attached hydrogens (tertiary/aromatic N) is 1. The molecule has 0 spiro atoms. The normalized spacial score (nSPS) is 14.7. The first-order valence-corrected chi connectivity index (χ1v) is 8.85. The highest BCUT2D eigenvalue weighted by molar-refractivity contribution is 5.98. The maximum atomic E-state index is 12.2. The van der Waals surface area contributed by atoms with E-state index in [0.717, 1.165) is 38.1 Å². The summed E-state index contributed by atoms with van der Waals surface area (Å²) < 4.78 is 5.51. The van der Waals surface area contributed by atoms with Crippen LogP contribution in [0.4, 0.5) is 0 Å². The number of likely N-dealkylation sites (tertiary alicyclic amines) is 1. The van der Waals surface area contributed by atoms with Crippen molar-refractivity contribution in [2.45, 2.75) is 45.1 Å². The Hall–Kier alpha value is -1.59. The molecular formula is C19H29ClN2O3. The first kappa shape index (κ1) is 21.5. The number of ether oxygens (including phenoxy) is 1. The number of ketones is 1. The highest BCUT2D eigenvalue weighted by Gasteiger charge is 2.22. The van der Waals surface area contributed by atoms with Gasteiger partial charge < -0.3 is 15.0 Å². The van der Waals surface area contributed by atoms with Crippen LogP contribution in [0.3, 0.4) is 0 Å². The van der Waals surface area contributed by atoms with Crippen molar-refractivity contribution >= 4 is 24.1 Å². The third kappa shape index (κ3) is 6.67. The number of amides is 1. The van der Waals surface area contributed by atoms with Gasteiger partial charge in [0.2, 0.25) is 5.91 Å². The van der Waals surface area contributed by atoms with Crippen LogP contribution in [0.2, 0.25) is 0 Å². The molecule has 6 heteroatoms. The second-order valence-electron chi connectivity index (χ2n) is 6.24. The Morgan fingerprint density at radius 3 is 2.36 bits per heavy atom. The van der Waals surface area contributed by atoms with Gasteiger partial charge in [-0.15, -0.1) is 12.4 Å². The summed E-state index contributed by atoms with van der Waals surface area (Å²) in [4.78, 5) is 26.3. The van der Waals surface area contributed by atoms with Crippen molar-refractivity contribution in [3.8, 4) is 5.75 Å². The molecule has 2 rings (SSSR count). The molecule has 140 valence electrons. The predicted molar refractivity (Wildman–Crippen MR) is 102 cm³/mol. The maximum Gasteiger partial charge on any atom is 0.223 e. The number of benzene rings is 1. The van der Waals surface area contributed by atoms with Gasteiger partial charge in [-0.05, 0) is 50.6 Å². The van der Waals surface area contributed by atoms with Crippen LogP contribution in [0, 0.1) is 0 Å². The van der Waals surface area contributed by atoms with Gasteiger partial charge >= 0.3 is 0 Å². The van der Waals surface area contributed by atoms with Crippen molar-refractivity contribution in [1.29, 1.82) is 0 Å². The molecule has 1 saturated heterocycles. The van der Waals surface area contributed by atoms with Gasteiger partial charge in [0, 0.05) is 37.5 Å². The lowest BCUT2D eigenvalue weighted by Gasteiger charge is -2.31. The lowest BCUT2D eigenvalue weighted by atomic mass is 10.0. The fourth-order valence-electron chi connectivity index (χ4n) is 2.90. The minimum Gasteiger partial charge on any atom is -0.494 e. The van der Waals surface area contributed by atoms with E-state index >= 15 is 0 Å². The summed E-state index contributed by atoms with van der Waals surface area (Å²) in [5.74, 6) is 0.869. The second kappa shape index (κ2) is 11.1. The Labute approximate surface area is 156 Å². The highest BCUT2D eigenvalue weighted by Crippen LogP contribution is 2.16. The Morgan fingerprint density at radius 2 is 1.80 bits per heavy atom. The zero-order chi connectivity index (χ0) is 17.4. The largest absolute Gasteiger partial charge is 0.494 e. The molecule has 0 atom stereocenters. The van der Waals surface area contributed by atoms with E-state index < -0.39 is 0 Å². The first-order chi connectivity index (χ1) is 11.6. The quantitative estimate of drug-likeness (QED) is 0.716. The zero-order valence-corrected chi connectivity index (χ0v) is 15.9. The number of hydrogen-bond acceptors (Lipinski definition) is 4. The van der Waals surface area contributed by atoms with Crippen LogP contribution in [-0.2, 0) is 4.79 Å². The molecule has 0 bridgehead atoms. The predicted octanol–water partition coefficient (Wildman–Crippen LogP) is 3.07. The van der Waals surface area contributed by atoms with Crippen LogP contribution in [0.15, 0.2) is 24.3 Å². The van der Waals surface area contributed by atoms with Crippen LogP contribution < -0.4 is 10.1 Å². The molecule has 1 aliphatic rings. The number of hydrogen-bond donors (Lipinski definition) is 1. The van der Waals surface area contributed by atoms with Gasteiger partial charge in [-0.3, -0.25) is 9.59 Å². The molecule has 1 fully saturated rings. The van der Waals surface area contributed by atoms with Crippen molar-refractivity contribution in [2.24, 2.45) is 0 Å². The van der Waals surface area contributed by atoms with E-state index in [1.54, 1.807) is 12.1 Å². The summed E-state index contributed by atoms with van der Waals surface area (Å²) in [6.45, 7) is 4.28. The molecule has 1 amide bonds. The van der Waals surface area contributed by atoms with Crippen LogP contribution in [0.25, 0.3) is 0 Å². The molecule has 1 aromatic carbocycles. The van der Waals surface area contributed by atoms with Gasteiger partial charge in [0.05, 0.1) is 6.61 Å². The van der Waals surface area contributed by atoms with Gasteiger partial charge in [0.25, 0.3) is 0 Å². The fourth-order valence-corrected chi connectivity index (χ4v) is 2.90. The summed E-state index contributed by atoms with van der Waals surface area (Å²) in [5.41, 5.74) is 0.639. The number of piperidine rings is 1. The van der Waals surface area contributed by atoms with Gasteiger partial charge in [-0.2, -0.15) is 0 Å². The Balaban J connectivity index is 0.00000312. The van der Waals surface area contributed by atoms with Crippen molar-refractivity contribution < 1.29 is 14.3 Å². The zero-order valence-electron chi connectivity index (χ0n) is 15.1. The van der Waals surface area contributed by atoms with Crippen LogP contribution in [0.5, 0.6) is 5.75 Å². The van der Waals surface area contributed by atoms with E-state index in [9.17, 15) is 9.59 Å². The summed E-state index contributed by atoms with van der Waals surface area (Å²) >= 11 is 0. The van der Waals surface area contributed by atoms with E-state index in [1.165, 1.54) is 0 Å². The second-order valence-corrected chi connectivity index (χ2v) is 6.24. The molecular weight excluding hydrogens is 340 g/mol. The topological polar surface area (TPSA) is 58.6 Å². The monoisotopic (exact) mass is 368 g/mol. The van der Waals surface area contributed by atoms with Gasteiger partial charge in [-0.1, -0.05) is 6.92 Å². The van der Waals surface area contributed by atoms with E-state index in [4.69, 9.17) is 4.74 Å². The van der Waals surface area contributed by atoms with Crippen molar-refractivity contribution in [3.05, 3.63) is 29.8 Å². The summed E-state index contributed by atoms with van der Waals surface area (Å²) in [5, 5.41) is 3.25. The SMILES string of the molecule is CCCOc1ccc(C(=O)CCC(=O)N2CCC(NC)CC2)cc1.Cl. The third-order valence-electron chi connectivity index (χ3n) is 4.47. The number of Topliss-reactive ketones (excluding diaryl/α,β-unsaturated/α-hetero) is 1. The Bertz CT molecular complexity index is 540. The smallest absolute Gasteiger partial charge is 0.223 e. The third-order valence-corrected chi connectivity index (χ3v) is 4.47. The van der Waals surface area contributed by atoms with E-state index in [2.05, 4.69) is 12.2 Å². The average molecular weight is 369 g/mol. The number of carbonyl (C=O) groups excluding carboxylic acids is 2. The van der Waals surface area contributed by atoms with Gasteiger partial charge in [-0.25, -0.2) is 0 Å². The molecule has 25 heavy (non-hydrogen) atoms. The van der Waals surface area contributed by atoms with E-state index in [0.29, 0.717) is 18.2 Å². The minimum atomic E-state index is 0. The maximum absolute atomic E-state index is 12.2. The molecule has 0 unspecified atom stereocenters. The molecule has 1 N–H and O–H groups in total. The molecule has 0 saturated carbocycles. The molecule has 1 aliphatic heterocycles. The molecule has 1 aromatic rings. The number of nitrogens with one attached hydrogen (secondary N) is 1. The lowest BCUT2D eigenvalue weighted by molar-refractivity contribution is -0.132. The Kier molecular flexibility index (Phi) is 9.53. The van der Waals surface area contributed by atoms with Crippen LogP contribution in [-0.4, -0.2) is 49.4 Å². The molecule has 5 nitrogen and oxygen atoms in total. The lowest BCUT2D eigenvalue weighted by Crippen LogP contribution is -2.44.